The van der Waals surface area contributed by atoms with Crippen LogP contribution in [0.5, 0.6) is 0 Å². The monoisotopic (exact) mass is 147 g/mol. The molecular formula is C4H9GeO. The van der Waals surface area contributed by atoms with E-state index in [2.05, 4.69) is 6.58 Å². The van der Waals surface area contributed by atoms with Crippen molar-refractivity contribution in [1.82, 2.24) is 0 Å². The standard InChI is InChI=1S/C4H9GeO/c1-4-5(2,3)6/h4H,1H2,2-3H3. The topological polar surface area (TPSA) is 19.9 Å². The predicted molar refractivity (Wildman–Crippen MR) is 28.4 cm³/mol. The Morgan fingerprint density at radius 1 is 1.67 bits per heavy atom. The van der Waals surface area contributed by atoms with Crippen LogP contribution in [0.3, 0.4) is 0 Å². The molecule has 0 aliphatic heterocycles. The first kappa shape index (κ1) is 6.24. The summed E-state index contributed by atoms with van der Waals surface area (Å²) in [5, 5.41) is 0. The number of rotatable bonds is 1. The van der Waals surface area contributed by atoms with Crippen molar-refractivity contribution in [3.63, 3.8) is 0 Å². The fourth-order valence-corrected chi connectivity index (χ4v) is 0. The molecule has 0 unspecified atom stereocenters. The quantitative estimate of drug-likeness (QED) is 0.497. The van der Waals surface area contributed by atoms with Crippen LogP contribution in [0, 0.1) is 0 Å². The van der Waals surface area contributed by atoms with E-state index in [0.717, 1.165) is 0 Å². The predicted octanol–water partition coefficient (Wildman–Crippen LogP) is 1.35. The van der Waals surface area contributed by atoms with Crippen LogP contribution >= 0.6 is 0 Å². The SMILES string of the molecule is C=[CH][Ge]([CH3])([CH3])[O]. The zero-order valence-electron chi connectivity index (χ0n) is 4.19. The number of hydrogen-bond donors (Lipinski definition) is 0. The van der Waals surface area contributed by atoms with Crippen LogP contribution in [-0.2, 0) is 4.13 Å². The zero-order chi connectivity index (χ0) is 5.21. The maximum absolute atomic E-state index is 10.5. The second-order valence-electron chi connectivity index (χ2n) is 1.81. The molecule has 0 aromatic rings. The van der Waals surface area contributed by atoms with E-state index in [0.29, 0.717) is 0 Å². The van der Waals surface area contributed by atoms with Gasteiger partial charge in [-0.15, -0.1) is 0 Å². The minimum absolute atomic E-state index is 1.57. The molecule has 0 heterocycles. The van der Waals surface area contributed by atoms with E-state index in [1.807, 2.05) is 0 Å². The van der Waals surface area contributed by atoms with Gasteiger partial charge in [-0.3, -0.25) is 0 Å². The molecule has 1 radical (unpaired) electrons. The molecule has 35 valence electrons. The summed E-state index contributed by atoms with van der Waals surface area (Å²) in [4.78, 5) is 1.57. The van der Waals surface area contributed by atoms with Gasteiger partial charge in [0.15, 0.2) is 0 Å². The van der Waals surface area contributed by atoms with E-state index in [9.17, 15) is 4.13 Å². The summed E-state index contributed by atoms with van der Waals surface area (Å²) < 4.78 is 10.5. The first-order chi connectivity index (χ1) is 2.56. The molecule has 0 N–H and O–H groups in total. The molecule has 2 heteroatoms. The fourth-order valence-electron chi connectivity index (χ4n) is 0. The Bertz CT molecular complexity index is 53.1. The van der Waals surface area contributed by atoms with Gasteiger partial charge in [0.2, 0.25) is 0 Å². The van der Waals surface area contributed by atoms with Crippen molar-refractivity contribution < 1.29 is 4.13 Å². The van der Waals surface area contributed by atoms with Crippen LogP contribution < -0.4 is 0 Å². The van der Waals surface area contributed by atoms with E-state index in [1.54, 1.807) is 16.4 Å². The van der Waals surface area contributed by atoms with Crippen LogP contribution in [0.1, 0.15) is 0 Å². The van der Waals surface area contributed by atoms with Gasteiger partial charge in [-0.2, -0.15) is 0 Å². The molecule has 0 saturated heterocycles. The molecular weight excluding hydrogens is 137 g/mol. The van der Waals surface area contributed by atoms with Crippen LogP contribution in [0.25, 0.3) is 0 Å². The molecule has 1 nitrogen and oxygen atoms in total. The molecule has 0 aliphatic rings. The summed E-state index contributed by atoms with van der Waals surface area (Å²) in [5.74, 6) is 3.51. The zero-order valence-corrected chi connectivity index (χ0v) is 6.29. The van der Waals surface area contributed by atoms with Crippen LogP contribution in [0.4, 0.5) is 0 Å². The molecule has 0 spiro atoms. The molecule has 0 atom stereocenters. The van der Waals surface area contributed by atoms with E-state index in [-0.39, 0.29) is 0 Å². The molecule has 0 fully saturated rings. The van der Waals surface area contributed by atoms with Gasteiger partial charge in [0, 0.05) is 0 Å². The van der Waals surface area contributed by atoms with Gasteiger partial charge in [0.05, 0.1) is 0 Å². The summed E-state index contributed by atoms with van der Waals surface area (Å²) >= 11 is -2.53. The molecule has 0 aromatic carbocycles. The van der Waals surface area contributed by atoms with Crippen molar-refractivity contribution in [1.29, 1.82) is 0 Å². The summed E-state index contributed by atoms with van der Waals surface area (Å²) in [6, 6.07) is 0. The first-order valence-corrected chi connectivity index (χ1v) is 8.17. The Balaban J connectivity index is 3.45. The third kappa shape index (κ3) is 4.24. The summed E-state index contributed by atoms with van der Waals surface area (Å²) in [6.07, 6.45) is 0. The Kier molecular flexibility index (Phi) is 1.87. The second kappa shape index (κ2) is 1.80. The third-order valence-electron chi connectivity index (χ3n) is 0.492. The van der Waals surface area contributed by atoms with Crippen LogP contribution in [-0.4, -0.2) is 13.6 Å². The van der Waals surface area contributed by atoms with Crippen molar-refractivity contribution >= 4 is 13.6 Å². The van der Waals surface area contributed by atoms with Gasteiger partial charge >= 0.3 is 40.7 Å². The Labute approximate surface area is 41.4 Å². The summed E-state index contributed by atoms with van der Waals surface area (Å²) in [7, 11) is 0. The molecule has 0 aliphatic carbocycles. The van der Waals surface area contributed by atoms with Gasteiger partial charge in [-0.1, -0.05) is 0 Å². The van der Waals surface area contributed by atoms with Crippen molar-refractivity contribution in [3.8, 4) is 0 Å². The van der Waals surface area contributed by atoms with E-state index >= 15 is 0 Å². The van der Waals surface area contributed by atoms with Crippen molar-refractivity contribution in [2.24, 2.45) is 0 Å². The van der Waals surface area contributed by atoms with Crippen LogP contribution in [0.2, 0.25) is 11.5 Å². The second-order valence-corrected chi connectivity index (χ2v) is 9.39. The van der Waals surface area contributed by atoms with E-state index in [4.69, 9.17) is 0 Å². The normalized spacial score (nSPS) is 11.2. The number of hydrogen-bond acceptors (Lipinski definition) is 0. The molecule has 0 amide bonds. The van der Waals surface area contributed by atoms with Gasteiger partial charge in [-0.05, 0) is 0 Å². The summed E-state index contributed by atoms with van der Waals surface area (Å²) in [6.45, 7) is 3.40. The average molecular weight is 146 g/mol. The Morgan fingerprint density at radius 2 is 1.83 bits per heavy atom. The molecule has 0 rings (SSSR count). The Hall–Kier alpha value is 0.243. The van der Waals surface area contributed by atoms with E-state index < -0.39 is 13.6 Å². The fraction of sp³-hybridized carbons (Fsp3) is 0.500. The van der Waals surface area contributed by atoms with Gasteiger partial charge < -0.3 is 0 Å². The van der Waals surface area contributed by atoms with Gasteiger partial charge in [0.1, 0.15) is 0 Å². The van der Waals surface area contributed by atoms with Crippen LogP contribution in [0.15, 0.2) is 11.5 Å². The van der Waals surface area contributed by atoms with Crippen molar-refractivity contribution in [2.45, 2.75) is 11.5 Å². The van der Waals surface area contributed by atoms with Gasteiger partial charge in [-0.25, -0.2) is 0 Å². The molecule has 6 heavy (non-hydrogen) atoms. The van der Waals surface area contributed by atoms with Crippen molar-refractivity contribution in [2.75, 3.05) is 0 Å². The molecule has 0 bridgehead atoms. The summed E-state index contributed by atoms with van der Waals surface area (Å²) in [5.41, 5.74) is 0. The van der Waals surface area contributed by atoms with E-state index in [1.165, 1.54) is 0 Å². The third-order valence-corrected chi connectivity index (χ3v) is 2.55. The maximum atomic E-state index is 10.5. The Morgan fingerprint density at radius 3 is 1.83 bits per heavy atom. The van der Waals surface area contributed by atoms with Gasteiger partial charge in [0.25, 0.3) is 0 Å². The first-order valence-electron chi connectivity index (χ1n) is 1.90. The van der Waals surface area contributed by atoms with Crippen molar-refractivity contribution in [3.05, 3.63) is 11.5 Å². The molecule has 0 aromatic heterocycles. The molecule has 0 saturated carbocycles. The minimum atomic E-state index is -2.53. The average Bonchev–Trinajstić information content (AvgIpc) is 1.35.